The molecule has 3 aromatic carbocycles. The summed E-state index contributed by atoms with van der Waals surface area (Å²) >= 11 is 0. The van der Waals surface area contributed by atoms with Crippen molar-refractivity contribution >= 4 is 50.1 Å². The lowest BCUT2D eigenvalue weighted by Crippen LogP contribution is -2.33. The molecule has 0 saturated carbocycles. The number of carbonyl (C=O) groups excluding carboxylic acids is 1. The highest BCUT2D eigenvalue weighted by atomic mass is 32.2. The van der Waals surface area contributed by atoms with E-state index in [9.17, 15) is 26.4 Å². The van der Waals surface area contributed by atoms with E-state index in [1.165, 1.54) is 0 Å². The number of nitrogen functional groups attached to an aromatic ring is 1. The number of ether oxygens (including phenoxy) is 2. The van der Waals surface area contributed by atoms with E-state index in [1.54, 1.807) is 42.6 Å². The molecule has 0 aliphatic heterocycles. The molecule has 4 aromatic rings. The molecule has 0 bridgehead atoms. The highest BCUT2D eigenvalue weighted by Gasteiger charge is 2.38. The molecular weight excluding hydrogens is 657 g/mol. The van der Waals surface area contributed by atoms with Crippen molar-refractivity contribution in [2.45, 2.75) is 45.6 Å². The monoisotopic (exact) mass is 692 g/mol. The van der Waals surface area contributed by atoms with Crippen molar-refractivity contribution in [3.05, 3.63) is 84.1 Å². The largest absolute Gasteiger partial charge is 0.490 e. The molecule has 1 heterocycles. The number of fused-ring (bicyclic) bond motifs is 1. The molecule has 48 heavy (non-hydrogen) atoms. The van der Waals surface area contributed by atoms with Gasteiger partial charge in [0.05, 0.1) is 18.4 Å². The predicted molar refractivity (Wildman–Crippen MR) is 175 cm³/mol. The van der Waals surface area contributed by atoms with Gasteiger partial charge in [-0.1, -0.05) is 18.2 Å². The Balaban J connectivity index is 0.000000804. The molecule has 17 heteroatoms. The van der Waals surface area contributed by atoms with Crippen molar-refractivity contribution in [1.82, 2.24) is 10.3 Å². The number of nitrogens with zero attached hydrogens (tertiary/aromatic N) is 1. The Labute approximate surface area is 274 Å². The molecule has 1 atom stereocenters. The topological polar surface area (TPSA) is 208 Å². The summed E-state index contributed by atoms with van der Waals surface area (Å²) in [6.07, 6.45) is -3.51. The number of alkyl halides is 3. The predicted octanol–water partition coefficient (Wildman–Crippen LogP) is 4.72. The van der Waals surface area contributed by atoms with E-state index in [2.05, 4.69) is 20.3 Å². The van der Waals surface area contributed by atoms with E-state index in [0.29, 0.717) is 46.4 Å². The summed E-state index contributed by atoms with van der Waals surface area (Å²) in [6, 6.07) is 18.6. The third kappa shape index (κ3) is 11.2. The zero-order valence-corrected chi connectivity index (χ0v) is 26.9. The van der Waals surface area contributed by atoms with Crippen LogP contribution in [-0.4, -0.2) is 49.3 Å². The van der Waals surface area contributed by atoms with Crippen LogP contribution in [0.1, 0.15) is 37.9 Å². The van der Waals surface area contributed by atoms with Crippen LogP contribution < -0.4 is 35.7 Å². The van der Waals surface area contributed by atoms with Gasteiger partial charge in [0.2, 0.25) is 5.91 Å². The van der Waals surface area contributed by atoms with Crippen molar-refractivity contribution < 1.29 is 45.8 Å². The second kappa shape index (κ2) is 16.0. The average molecular weight is 693 g/mol. The molecule has 4 rings (SSSR count). The van der Waals surface area contributed by atoms with Crippen molar-refractivity contribution in [2.75, 3.05) is 22.4 Å². The number of anilines is 3. The summed E-state index contributed by atoms with van der Waals surface area (Å²) in [5, 5.41) is 20.2. The molecule has 8 N–H and O–H groups in total. The van der Waals surface area contributed by atoms with Gasteiger partial charge in [-0.15, -0.1) is 0 Å². The first-order valence-electron chi connectivity index (χ1n) is 14.3. The Morgan fingerprint density at radius 3 is 2.33 bits per heavy atom. The minimum atomic E-state index is -5.08. The summed E-state index contributed by atoms with van der Waals surface area (Å²) in [7, 11) is -3.93. The van der Waals surface area contributed by atoms with Crippen LogP contribution in [0.25, 0.3) is 10.8 Å². The van der Waals surface area contributed by atoms with Gasteiger partial charge in [0.1, 0.15) is 11.9 Å². The number of carbonyl (C=O) groups is 2. The van der Waals surface area contributed by atoms with Gasteiger partial charge in [-0.3, -0.25) is 9.52 Å². The molecule has 1 unspecified atom stereocenters. The third-order valence-corrected chi connectivity index (χ3v) is 6.75. The number of amides is 1. The van der Waals surface area contributed by atoms with Crippen molar-refractivity contribution in [3.63, 3.8) is 0 Å². The van der Waals surface area contributed by atoms with Gasteiger partial charge in [0, 0.05) is 23.8 Å². The maximum absolute atomic E-state index is 13.7. The maximum atomic E-state index is 13.7. The van der Waals surface area contributed by atoms with Crippen LogP contribution in [0.2, 0.25) is 0 Å². The van der Waals surface area contributed by atoms with Crippen LogP contribution in [0.4, 0.5) is 30.4 Å². The lowest BCUT2D eigenvalue weighted by Gasteiger charge is -2.22. The Bertz CT molecular complexity index is 1860. The fourth-order valence-corrected chi connectivity index (χ4v) is 4.74. The Morgan fingerprint density at radius 1 is 1.00 bits per heavy atom. The summed E-state index contributed by atoms with van der Waals surface area (Å²) in [5.41, 5.74) is 8.33. The van der Waals surface area contributed by atoms with Gasteiger partial charge in [-0.2, -0.15) is 21.6 Å². The smallest absolute Gasteiger partial charge is 0.490 e. The van der Waals surface area contributed by atoms with Gasteiger partial charge in [-0.05, 0) is 85.8 Å². The molecule has 1 aromatic heterocycles. The summed E-state index contributed by atoms with van der Waals surface area (Å²) < 4.78 is 68.5. The number of pyridine rings is 1. The number of carboxylic acid groups (broad SMARTS) is 1. The summed E-state index contributed by atoms with van der Waals surface area (Å²) in [4.78, 5) is 26.7. The second-order valence-electron chi connectivity index (χ2n) is 10.4. The van der Waals surface area contributed by atoms with Crippen molar-refractivity contribution in [3.8, 4) is 11.5 Å². The van der Waals surface area contributed by atoms with Gasteiger partial charge in [0.15, 0.2) is 11.5 Å². The fourth-order valence-electron chi connectivity index (χ4n) is 4.28. The molecule has 258 valence electrons. The number of aromatic nitrogens is 1. The number of rotatable bonds is 12. The molecule has 0 aliphatic rings. The summed E-state index contributed by atoms with van der Waals surface area (Å²) in [5.74, 6) is -1.55. The van der Waals surface area contributed by atoms with E-state index < -0.39 is 28.4 Å². The average Bonchev–Trinajstić information content (AvgIpc) is 2.99. The first kappa shape index (κ1) is 37.2. The fraction of sp³-hybridized carbons (Fsp3) is 0.258. The number of aliphatic carboxylic acids is 1. The van der Waals surface area contributed by atoms with Crippen LogP contribution >= 0.6 is 0 Å². The zero-order valence-electron chi connectivity index (χ0n) is 26.0. The normalized spacial score (nSPS) is 12.0. The van der Waals surface area contributed by atoms with Crippen LogP contribution in [0.5, 0.6) is 11.5 Å². The molecule has 0 fully saturated rings. The zero-order chi connectivity index (χ0) is 35.6. The first-order chi connectivity index (χ1) is 22.5. The first-order valence-corrected chi connectivity index (χ1v) is 15.8. The molecular formula is C31H35F3N6O7S. The number of hydrogen-bond donors (Lipinski definition) is 6. The Hall–Kier alpha value is -5.29. The Kier molecular flexibility index (Phi) is 12.4. The highest BCUT2D eigenvalue weighted by molar-refractivity contribution is 7.90. The van der Waals surface area contributed by atoms with Gasteiger partial charge >= 0.3 is 12.1 Å². The number of nitrogens with two attached hydrogens (primary N) is 2. The minimum absolute atomic E-state index is 0.0590. The molecule has 1 amide bonds. The summed E-state index contributed by atoms with van der Waals surface area (Å²) in [6.45, 7) is 6.30. The van der Waals surface area contributed by atoms with Gasteiger partial charge in [-0.25, -0.2) is 14.9 Å². The SMILES string of the molecule is CCOc1cc(C(Nc2ccc3c(N)nccc3c2)C(=O)NCc2cccc(NS(N)(=O)=O)c2)ccc1OC(C)C.O=C(O)C(F)(F)F. The quantitative estimate of drug-likeness (QED) is 0.120. The van der Waals surface area contributed by atoms with E-state index in [-0.39, 0.29) is 18.6 Å². The van der Waals surface area contributed by atoms with Crippen molar-refractivity contribution in [2.24, 2.45) is 5.14 Å². The van der Waals surface area contributed by atoms with Crippen molar-refractivity contribution in [1.29, 1.82) is 0 Å². The standard InChI is InChI=1S/C29H34N6O5S.C2HF3O2/c1-4-39-26-16-21(8-11-25(26)40-18(2)3)27(34-22-9-10-24-20(15-22)12-13-32-28(24)30)29(36)33-17-19-6-5-7-23(14-19)35-41(31,37)38;3-2(4,5)1(6)7/h5-16,18,27,34-35H,4,17H2,1-3H3,(H2,30,32)(H,33,36)(H2,31,37,38);(H,6,7). The molecule has 0 radical (unpaired) electrons. The van der Waals surface area contributed by atoms with E-state index in [0.717, 1.165) is 10.8 Å². The molecule has 0 spiro atoms. The third-order valence-electron chi connectivity index (χ3n) is 6.23. The number of hydrogen-bond acceptors (Lipinski definition) is 9. The van der Waals surface area contributed by atoms with E-state index >= 15 is 0 Å². The molecule has 13 nitrogen and oxygen atoms in total. The Morgan fingerprint density at radius 2 is 1.71 bits per heavy atom. The number of carboxylic acids is 1. The van der Waals surface area contributed by atoms with Gasteiger partial charge in [0.25, 0.3) is 10.2 Å². The molecule has 0 saturated heterocycles. The number of benzene rings is 3. The van der Waals surface area contributed by atoms with Crippen LogP contribution in [0, 0.1) is 0 Å². The highest BCUT2D eigenvalue weighted by Crippen LogP contribution is 2.33. The minimum Gasteiger partial charge on any atom is -0.490 e. The van der Waals surface area contributed by atoms with Crippen LogP contribution in [0.3, 0.4) is 0 Å². The maximum Gasteiger partial charge on any atom is 0.490 e. The van der Waals surface area contributed by atoms with E-state index in [4.69, 9.17) is 30.2 Å². The lowest BCUT2D eigenvalue weighted by molar-refractivity contribution is -0.192. The second-order valence-corrected chi connectivity index (χ2v) is 11.7. The lowest BCUT2D eigenvalue weighted by atomic mass is 10.0. The van der Waals surface area contributed by atoms with Crippen LogP contribution in [0.15, 0.2) is 72.9 Å². The van der Waals surface area contributed by atoms with Gasteiger partial charge < -0.3 is 30.9 Å². The van der Waals surface area contributed by atoms with Crippen LogP contribution in [-0.2, 0) is 26.3 Å². The number of halogens is 3. The molecule has 0 aliphatic carbocycles. The number of nitrogens with one attached hydrogen (secondary N) is 3. The van der Waals surface area contributed by atoms with E-state index in [1.807, 2.05) is 51.1 Å².